The van der Waals surface area contributed by atoms with Gasteiger partial charge >= 0.3 is 11.9 Å². The third-order valence-corrected chi connectivity index (χ3v) is 1.63. The Kier molecular flexibility index (Phi) is 7.17. The molecule has 5 nitrogen and oxygen atoms in total. The Labute approximate surface area is 100 Å². The lowest BCUT2D eigenvalue weighted by atomic mass is 10.3. The number of anilines is 1. The van der Waals surface area contributed by atoms with Crippen LogP contribution in [0.25, 0.3) is 0 Å². The van der Waals surface area contributed by atoms with Gasteiger partial charge in [0.15, 0.2) is 0 Å². The average molecular weight is 239 g/mol. The molecule has 94 valence electrons. The van der Waals surface area contributed by atoms with Crippen molar-refractivity contribution in [3.8, 4) is 5.75 Å². The van der Waals surface area contributed by atoms with Gasteiger partial charge in [-0.2, -0.15) is 0 Å². The maximum Gasteiger partial charge on any atom is 0.394 e. The van der Waals surface area contributed by atoms with Crippen molar-refractivity contribution in [2.45, 2.75) is 20.8 Å². The zero-order valence-electron chi connectivity index (χ0n) is 10.2. The molecule has 0 spiro atoms. The van der Waals surface area contributed by atoms with E-state index in [0.717, 1.165) is 0 Å². The maximum absolute atomic E-state index is 10.9. The molecule has 0 aliphatic heterocycles. The number of aliphatic carboxylic acids is 1. The van der Waals surface area contributed by atoms with Crippen molar-refractivity contribution < 1.29 is 19.4 Å². The number of nitrogens with one attached hydrogen (secondary N) is 1. The Morgan fingerprint density at radius 2 is 1.88 bits per heavy atom. The highest BCUT2D eigenvalue weighted by Gasteiger charge is 2.13. The number of amides is 1. The maximum atomic E-state index is 10.9. The van der Waals surface area contributed by atoms with Crippen molar-refractivity contribution in [2.75, 3.05) is 11.9 Å². The summed E-state index contributed by atoms with van der Waals surface area (Å²) in [6.07, 6.45) is 0. The largest absolute Gasteiger partial charge is 0.492 e. The van der Waals surface area contributed by atoms with Crippen LogP contribution in [0, 0.1) is 0 Å². The molecule has 0 fully saturated rings. The number of hydrogen-bond acceptors (Lipinski definition) is 3. The molecule has 0 aliphatic carbocycles. The van der Waals surface area contributed by atoms with Gasteiger partial charge in [-0.25, -0.2) is 4.79 Å². The number of para-hydroxylation sites is 2. The van der Waals surface area contributed by atoms with E-state index in [0.29, 0.717) is 18.0 Å². The van der Waals surface area contributed by atoms with Gasteiger partial charge in [-0.05, 0) is 19.1 Å². The van der Waals surface area contributed by atoms with Crippen molar-refractivity contribution in [3.05, 3.63) is 24.3 Å². The molecule has 1 amide bonds. The number of carbonyl (C=O) groups excluding carboxylic acids is 1. The van der Waals surface area contributed by atoms with Crippen LogP contribution in [0.5, 0.6) is 5.75 Å². The van der Waals surface area contributed by atoms with Crippen molar-refractivity contribution in [2.24, 2.45) is 0 Å². The zero-order valence-corrected chi connectivity index (χ0v) is 10.2. The fourth-order valence-electron chi connectivity index (χ4n) is 1.03. The first-order chi connectivity index (χ1) is 8.15. The van der Waals surface area contributed by atoms with Gasteiger partial charge in [-0.1, -0.05) is 26.0 Å². The van der Waals surface area contributed by atoms with Gasteiger partial charge in [0, 0.05) is 0 Å². The second-order valence-electron chi connectivity index (χ2n) is 2.69. The molecule has 0 unspecified atom stereocenters. The molecule has 0 radical (unpaired) electrons. The molecule has 0 aliphatic rings. The first kappa shape index (κ1) is 15.0. The minimum Gasteiger partial charge on any atom is -0.492 e. The van der Waals surface area contributed by atoms with E-state index in [1.54, 1.807) is 31.2 Å². The summed E-state index contributed by atoms with van der Waals surface area (Å²) in [7, 11) is 0. The van der Waals surface area contributed by atoms with Crippen LogP contribution in [0.15, 0.2) is 24.3 Å². The number of carboxylic acids is 1. The molecular formula is C12H17NO4. The number of ether oxygens (including phenoxy) is 1. The first-order valence-corrected chi connectivity index (χ1v) is 5.41. The number of carboxylic acid groups (broad SMARTS) is 1. The second-order valence-corrected chi connectivity index (χ2v) is 2.69. The number of benzene rings is 1. The van der Waals surface area contributed by atoms with Crippen molar-refractivity contribution >= 4 is 17.6 Å². The Hall–Kier alpha value is -2.04. The van der Waals surface area contributed by atoms with Gasteiger partial charge < -0.3 is 15.2 Å². The van der Waals surface area contributed by atoms with Crippen LogP contribution in [0.2, 0.25) is 0 Å². The second kappa shape index (κ2) is 8.15. The molecular weight excluding hydrogens is 222 g/mol. The predicted octanol–water partition coefficient (Wildman–Crippen LogP) is 2.13. The summed E-state index contributed by atoms with van der Waals surface area (Å²) in [5, 5.41) is 10.6. The molecule has 0 heterocycles. The van der Waals surface area contributed by atoms with Gasteiger partial charge in [0.1, 0.15) is 5.75 Å². The standard InChI is InChI=1S/C10H11NO4.C2H6/c1-2-15-8-6-4-3-5-7(8)11-9(12)10(13)14;1-2/h3-6H,2H2,1H3,(H,11,12)(H,13,14);1-2H3. The zero-order chi connectivity index (χ0) is 13.3. The summed E-state index contributed by atoms with van der Waals surface area (Å²) in [6.45, 7) is 6.25. The molecule has 2 N–H and O–H groups in total. The highest BCUT2D eigenvalue weighted by molar-refractivity contribution is 6.36. The smallest absolute Gasteiger partial charge is 0.394 e. The molecule has 0 bridgehead atoms. The lowest BCUT2D eigenvalue weighted by molar-refractivity contribution is -0.147. The molecule has 1 aromatic rings. The Balaban J connectivity index is 0.00000121. The normalized spacial score (nSPS) is 8.65. The Morgan fingerprint density at radius 3 is 2.41 bits per heavy atom. The van der Waals surface area contributed by atoms with Crippen molar-refractivity contribution in [1.29, 1.82) is 0 Å². The molecule has 0 aromatic heterocycles. The fraction of sp³-hybridized carbons (Fsp3) is 0.333. The minimum absolute atomic E-state index is 0.353. The van der Waals surface area contributed by atoms with Crippen LogP contribution < -0.4 is 10.1 Å². The SMILES string of the molecule is CC.CCOc1ccccc1NC(=O)C(=O)O. The van der Waals surface area contributed by atoms with E-state index in [9.17, 15) is 9.59 Å². The summed E-state index contributed by atoms with van der Waals surface area (Å²) in [4.78, 5) is 21.2. The fourth-order valence-corrected chi connectivity index (χ4v) is 1.03. The van der Waals surface area contributed by atoms with Gasteiger partial charge in [0.05, 0.1) is 12.3 Å². The molecule has 0 saturated carbocycles. The highest BCUT2D eigenvalue weighted by Crippen LogP contribution is 2.23. The monoisotopic (exact) mass is 239 g/mol. The third kappa shape index (κ3) is 5.01. The van der Waals surface area contributed by atoms with E-state index in [2.05, 4.69) is 5.32 Å². The van der Waals surface area contributed by atoms with E-state index >= 15 is 0 Å². The third-order valence-electron chi connectivity index (χ3n) is 1.63. The Morgan fingerprint density at radius 1 is 1.29 bits per heavy atom. The molecule has 0 saturated heterocycles. The molecule has 1 aromatic carbocycles. The van der Waals surface area contributed by atoms with Gasteiger partial charge in [-0.15, -0.1) is 0 Å². The van der Waals surface area contributed by atoms with Gasteiger partial charge in [-0.3, -0.25) is 4.79 Å². The van der Waals surface area contributed by atoms with E-state index < -0.39 is 11.9 Å². The summed E-state index contributed by atoms with van der Waals surface area (Å²) in [6, 6.07) is 6.65. The average Bonchev–Trinajstić information content (AvgIpc) is 2.34. The van der Waals surface area contributed by atoms with Crippen LogP contribution in [0.1, 0.15) is 20.8 Å². The van der Waals surface area contributed by atoms with Gasteiger partial charge in [0.25, 0.3) is 0 Å². The van der Waals surface area contributed by atoms with E-state index in [1.807, 2.05) is 13.8 Å². The first-order valence-electron chi connectivity index (χ1n) is 5.41. The van der Waals surface area contributed by atoms with Crippen LogP contribution >= 0.6 is 0 Å². The number of carbonyl (C=O) groups is 2. The van der Waals surface area contributed by atoms with Crippen LogP contribution in [-0.2, 0) is 9.59 Å². The Bertz CT molecular complexity index is 377. The van der Waals surface area contributed by atoms with E-state index in [4.69, 9.17) is 9.84 Å². The topological polar surface area (TPSA) is 75.6 Å². The van der Waals surface area contributed by atoms with Crippen molar-refractivity contribution in [1.82, 2.24) is 0 Å². The molecule has 5 heteroatoms. The summed E-state index contributed by atoms with van der Waals surface area (Å²) < 4.78 is 5.21. The van der Waals surface area contributed by atoms with E-state index in [-0.39, 0.29) is 0 Å². The summed E-state index contributed by atoms with van der Waals surface area (Å²) in [5.41, 5.74) is 0.353. The van der Waals surface area contributed by atoms with Crippen LogP contribution in [0.3, 0.4) is 0 Å². The molecule has 1 rings (SSSR count). The highest BCUT2D eigenvalue weighted by atomic mass is 16.5. The van der Waals surface area contributed by atoms with Crippen LogP contribution in [0.4, 0.5) is 5.69 Å². The van der Waals surface area contributed by atoms with E-state index in [1.165, 1.54) is 0 Å². The predicted molar refractivity (Wildman–Crippen MR) is 65.2 cm³/mol. The summed E-state index contributed by atoms with van der Waals surface area (Å²) in [5.74, 6) is -2.15. The molecule has 17 heavy (non-hydrogen) atoms. The van der Waals surface area contributed by atoms with Crippen molar-refractivity contribution in [3.63, 3.8) is 0 Å². The number of hydrogen-bond donors (Lipinski definition) is 2. The van der Waals surface area contributed by atoms with Gasteiger partial charge in [0.2, 0.25) is 0 Å². The lowest BCUT2D eigenvalue weighted by Gasteiger charge is -2.09. The number of rotatable bonds is 3. The molecule has 0 atom stereocenters. The lowest BCUT2D eigenvalue weighted by Crippen LogP contribution is -2.22. The van der Waals surface area contributed by atoms with Crippen LogP contribution in [-0.4, -0.2) is 23.6 Å². The quantitative estimate of drug-likeness (QED) is 0.792. The minimum atomic E-state index is -1.53. The summed E-state index contributed by atoms with van der Waals surface area (Å²) >= 11 is 0.